The minimum absolute atomic E-state index is 0.0423. The molecule has 0 aliphatic carbocycles. The molecule has 7 heteroatoms. The van der Waals surface area contributed by atoms with Crippen molar-refractivity contribution in [3.63, 3.8) is 0 Å². The van der Waals surface area contributed by atoms with Crippen molar-refractivity contribution in [2.75, 3.05) is 22.4 Å². The highest BCUT2D eigenvalue weighted by molar-refractivity contribution is 7.92. The molecule has 98 valence electrons. The number of nitrogens with zero attached hydrogens (tertiary/aromatic N) is 1. The van der Waals surface area contributed by atoms with Crippen LogP contribution in [0.2, 0.25) is 5.02 Å². The number of sulfonamides is 1. The lowest BCUT2D eigenvalue weighted by atomic mass is 10.2. The fourth-order valence-electron chi connectivity index (χ4n) is 1.91. The van der Waals surface area contributed by atoms with E-state index < -0.39 is 10.0 Å². The summed E-state index contributed by atoms with van der Waals surface area (Å²) in [5.41, 5.74) is 1.01. The molecule has 18 heavy (non-hydrogen) atoms. The van der Waals surface area contributed by atoms with Crippen molar-refractivity contribution >= 4 is 38.9 Å². The number of anilines is 2. The van der Waals surface area contributed by atoms with Crippen molar-refractivity contribution in [3.8, 4) is 0 Å². The quantitative estimate of drug-likeness (QED) is 0.923. The van der Waals surface area contributed by atoms with Crippen LogP contribution in [-0.4, -0.2) is 27.1 Å². The average Bonchev–Trinajstić information content (AvgIpc) is 2.62. The van der Waals surface area contributed by atoms with Gasteiger partial charge in [0, 0.05) is 13.0 Å². The Kier molecular flexibility index (Phi) is 3.49. The van der Waals surface area contributed by atoms with Gasteiger partial charge >= 0.3 is 0 Å². The third-order valence-corrected chi connectivity index (χ3v) is 3.52. The second-order valence-corrected chi connectivity index (χ2v) is 6.35. The Morgan fingerprint density at radius 1 is 1.39 bits per heavy atom. The number of benzene rings is 1. The molecule has 2 rings (SSSR count). The summed E-state index contributed by atoms with van der Waals surface area (Å²) in [7, 11) is -3.33. The molecule has 0 aromatic heterocycles. The first-order chi connectivity index (χ1) is 8.37. The zero-order valence-electron chi connectivity index (χ0n) is 9.81. The predicted molar refractivity (Wildman–Crippen MR) is 71.5 cm³/mol. The molecule has 0 atom stereocenters. The zero-order chi connectivity index (χ0) is 13.3. The Labute approximate surface area is 111 Å². The van der Waals surface area contributed by atoms with Gasteiger partial charge in [0.05, 0.1) is 22.7 Å². The van der Waals surface area contributed by atoms with Crippen molar-refractivity contribution in [2.45, 2.75) is 12.8 Å². The highest BCUT2D eigenvalue weighted by Crippen LogP contribution is 2.31. The van der Waals surface area contributed by atoms with Gasteiger partial charge < -0.3 is 4.90 Å². The fourth-order valence-corrected chi connectivity index (χ4v) is 2.74. The van der Waals surface area contributed by atoms with Gasteiger partial charge in [0.2, 0.25) is 15.9 Å². The van der Waals surface area contributed by atoms with Crippen LogP contribution >= 0.6 is 11.6 Å². The lowest BCUT2D eigenvalue weighted by Gasteiger charge is -2.18. The second-order valence-electron chi connectivity index (χ2n) is 4.19. The van der Waals surface area contributed by atoms with Crippen LogP contribution in [0.4, 0.5) is 11.4 Å². The van der Waals surface area contributed by atoms with Gasteiger partial charge in [-0.2, -0.15) is 0 Å². The summed E-state index contributed by atoms with van der Waals surface area (Å²) < 4.78 is 24.5. The van der Waals surface area contributed by atoms with E-state index in [1.807, 2.05) is 0 Å². The molecule has 0 saturated carbocycles. The van der Waals surface area contributed by atoms with E-state index in [0.717, 1.165) is 12.7 Å². The number of carbonyl (C=O) groups is 1. The van der Waals surface area contributed by atoms with Crippen LogP contribution in [0.1, 0.15) is 12.8 Å². The third-order valence-electron chi connectivity index (χ3n) is 2.62. The lowest BCUT2D eigenvalue weighted by Crippen LogP contribution is -2.24. The predicted octanol–water partition coefficient (Wildman–Crippen LogP) is 1.84. The van der Waals surface area contributed by atoms with Gasteiger partial charge in [0.25, 0.3) is 0 Å². The van der Waals surface area contributed by atoms with E-state index in [4.69, 9.17) is 11.6 Å². The summed E-state index contributed by atoms with van der Waals surface area (Å²) in [6, 6.07) is 4.75. The van der Waals surface area contributed by atoms with Gasteiger partial charge in [-0.25, -0.2) is 8.42 Å². The fraction of sp³-hybridized carbons (Fsp3) is 0.364. The van der Waals surface area contributed by atoms with Gasteiger partial charge in [0.1, 0.15) is 0 Å². The van der Waals surface area contributed by atoms with Crippen LogP contribution in [0.25, 0.3) is 0 Å². The molecule has 1 N–H and O–H groups in total. The minimum atomic E-state index is -3.33. The monoisotopic (exact) mass is 288 g/mol. The minimum Gasteiger partial charge on any atom is -0.311 e. The summed E-state index contributed by atoms with van der Waals surface area (Å²) >= 11 is 6.07. The topological polar surface area (TPSA) is 66.5 Å². The molecule has 1 aliphatic heterocycles. The number of amides is 1. The normalized spacial score (nSPS) is 16.1. The highest BCUT2D eigenvalue weighted by atomic mass is 35.5. The lowest BCUT2D eigenvalue weighted by molar-refractivity contribution is -0.117. The first kappa shape index (κ1) is 13.2. The number of hydrogen-bond donors (Lipinski definition) is 1. The van der Waals surface area contributed by atoms with Crippen LogP contribution in [0.3, 0.4) is 0 Å². The summed E-state index contributed by atoms with van der Waals surface area (Å²) in [5.74, 6) is 0.0423. The van der Waals surface area contributed by atoms with Gasteiger partial charge in [-0.1, -0.05) is 11.6 Å². The molecule has 1 amide bonds. The molecule has 1 aromatic rings. The first-order valence-corrected chi connectivity index (χ1v) is 7.71. The van der Waals surface area contributed by atoms with Crippen molar-refractivity contribution in [3.05, 3.63) is 23.2 Å². The van der Waals surface area contributed by atoms with E-state index in [0.29, 0.717) is 29.4 Å². The van der Waals surface area contributed by atoms with E-state index in [1.54, 1.807) is 17.0 Å². The second kappa shape index (κ2) is 4.78. The maximum Gasteiger partial charge on any atom is 0.229 e. The van der Waals surface area contributed by atoms with Crippen LogP contribution in [0, 0.1) is 0 Å². The number of carbonyl (C=O) groups excluding carboxylic acids is 1. The van der Waals surface area contributed by atoms with Crippen LogP contribution in [0.15, 0.2) is 18.2 Å². The molecule has 0 spiro atoms. The first-order valence-electron chi connectivity index (χ1n) is 5.44. The Hall–Kier alpha value is -1.27. The number of halogens is 1. The number of hydrogen-bond acceptors (Lipinski definition) is 3. The van der Waals surface area contributed by atoms with Crippen LogP contribution in [-0.2, 0) is 14.8 Å². The molecule has 1 heterocycles. The average molecular weight is 289 g/mol. The SMILES string of the molecule is CS(=O)(=O)Nc1ccc(N2CCCC2=O)c(Cl)c1. The van der Waals surface area contributed by atoms with Crippen LogP contribution < -0.4 is 9.62 Å². The van der Waals surface area contributed by atoms with E-state index in [-0.39, 0.29) is 5.91 Å². The maximum absolute atomic E-state index is 11.6. The molecule has 1 saturated heterocycles. The molecule has 1 aromatic carbocycles. The molecule has 0 bridgehead atoms. The molecule has 1 aliphatic rings. The van der Waals surface area contributed by atoms with Gasteiger partial charge in [0.15, 0.2) is 0 Å². The summed E-state index contributed by atoms with van der Waals surface area (Å²) in [6.45, 7) is 0.650. The van der Waals surface area contributed by atoms with E-state index >= 15 is 0 Å². The van der Waals surface area contributed by atoms with Gasteiger partial charge in [-0.05, 0) is 24.6 Å². The molecular formula is C11H13ClN2O3S. The highest BCUT2D eigenvalue weighted by Gasteiger charge is 2.23. The Bertz CT molecular complexity index is 586. The van der Waals surface area contributed by atoms with E-state index in [9.17, 15) is 13.2 Å². The van der Waals surface area contributed by atoms with Gasteiger partial charge in [-0.15, -0.1) is 0 Å². The molecule has 0 unspecified atom stereocenters. The van der Waals surface area contributed by atoms with Crippen molar-refractivity contribution in [1.29, 1.82) is 0 Å². The molecule has 1 fully saturated rings. The standard InChI is InChI=1S/C11H13ClN2O3S/c1-18(16,17)13-8-4-5-10(9(12)7-8)14-6-2-3-11(14)15/h4-5,7,13H,2-3,6H2,1H3. The Morgan fingerprint density at radius 3 is 2.61 bits per heavy atom. The summed E-state index contributed by atoms with van der Waals surface area (Å²) in [4.78, 5) is 13.2. The van der Waals surface area contributed by atoms with Crippen molar-refractivity contribution in [2.24, 2.45) is 0 Å². The molecule has 5 nitrogen and oxygen atoms in total. The zero-order valence-corrected chi connectivity index (χ0v) is 11.4. The Morgan fingerprint density at radius 2 is 2.11 bits per heavy atom. The maximum atomic E-state index is 11.6. The number of nitrogens with one attached hydrogen (secondary N) is 1. The van der Waals surface area contributed by atoms with Gasteiger partial charge in [-0.3, -0.25) is 9.52 Å². The van der Waals surface area contributed by atoms with Crippen LogP contribution in [0.5, 0.6) is 0 Å². The Balaban J connectivity index is 2.28. The van der Waals surface area contributed by atoms with Crippen molar-refractivity contribution < 1.29 is 13.2 Å². The largest absolute Gasteiger partial charge is 0.311 e. The third kappa shape index (κ3) is 2.94. The van der Waals surface area contributed by atoms with Crippen molar-refractivity contribution in [1.82, 2.24) is 0 Å². The number of rotatable bonds is 3. The summed E-state index contributed by atoms with van der Waals surface area (Å²) in [5, 5.41) is 0.360. The smallest absolute Gasteiger partial charge is 0.229 e. The molecule has 0 radical (unpaired) electrons. The summed E-state index contributed by atoms with van der Waals surface area (Å²) in [6.07, 6.45) is 2.41. The molecular weight excluding hydrogens is 276 g/mol. The van der Waals surface area contributed by atoms with E-state index in [2.05, 4.69) is 4.72 Å². The van der Waals surface area contributed by atoms with E-state index in [1.165, 1.54) is 6.07 Å².